The fourth-order valence-electron chi connectivity index (χ4n) is 2.67. The molecule has 0 bridgehead atoms. The van der Waals surface area contributed by atoms with Crippen LogP contribution in [0.25, 0.3) is 10.9 Å². The summed E-state index contributed by atoms with van der Waals surface area (Å²) in [6.45, 7) is 1.93. The summed E-state index contributed by atoms with van der Waals surface area (Å²) in [7, 11) is 0. The van der Waals surface area contributed by atoms with Crippen molar-refractivity contribution in [1.29, 1.82) is 0 Å². The van der Waals surface area contributed by atoms with Crippen LogP contribution in [0.3, 0.4) is 0 Å². The summed E-state index contributed by atoms with van der Waals surface area (Å²) >= 11 is 6.02. The molecule has 7 heteroatoms. The molecular weight excluding hydrogens is 362 g/mol. The number of nitrogens with one attached hydrogen (secondary N) is 1. The number of halogens is 1. The maximum atomic E-state index is 6.23. The van der Waals surface area contributed by atoms with Crippen molar-refractivity contribution in [2.45, 2.75) is 6.92 Å². The Morgan fingerprint density at radius 2 is 1.89 bits per heavy atom. The molecule has 4 aromatic rings. The molecule has 0 aliphatic rings. The van der Waals surface area contributed by atoms with Crippen LogP contribution in [0.1, 0.15) is 5.69 Å². The van der Waals surface area contributed by atoms with Crippen LogP contribution in [0, 0.1) is 6.92 Å². The molecule has 0 aliphatic carbocycles. The molecule has 0 unspecified atom stereocenters. The van der Waals surface area contributed by atoms with E-state index in [4.69, 9.17) is 22.1 Å². The Morgan fingerprint density at radius 3 is 2.74 bits per heavy atom. The highest BCUT2D eigenvalue weighted by atomic mass is 35.5. The first kappa shape index (κ1) is 17.1. The lowest BCUT2D eigenvalue weighted by Gasteiger charge is -2.13. The molecule has 6 nitrogen and oxygen atoms in total. The number of anilines is 3. The van der Waals surface area contributed by atoms with Crippen LogP contribution < -0.4 is 15.8 Å². The van der Waals surface area contributed by atoms with Gasteiger partial charge in [0.2, 0.25) is 5.88 Å². The Morgan fingerprint density at radius 1 is 1.04 bits per heavy atom. The Kier molecular flexibility index (Phi) is 4.48. The number of hydrogen-bond acceptors (Lipinski definition) is 6. The molecular formula is C20H16ClN5O. The van der Waals surface area contributed by atoms with E-state index in [1.54, 1.807) is 12.1 Å². The van der Waals surface area contributed by atoms with E-state index in [-0.39, 0.29) is 5.88 Å². The lowest BCUT2D eigenvalue weighted by molar-refractivity contribution is 0.469. The molecule has 0 fully saturated rings. The number of nitrogens with zero attached hydrogens (tertiary/aromatic N) is 3. The van der Waals surface area contributed by atoms with E-state index >= 15 is 0 Å². The van der Waals surface area contributed by atoms with Gasteiger partial charge in [-0.05, 0) is 37.3 Å². The Labute approximate surface area is 161 Å². The SMILES string of the molecule is Cc1ccc2cccc(Oc3ncnc(Nc4cccc(Cl)c4)c3N)c2n1. The predicted molar refractivity (Wildman–Crippen MR) is 108 cm³/mol. The van der Waals surface area contributed by atoms with Crippen molar-refractivity contribution < 1.29 is 4.74 Å². The fourth-order valence-corrected chi connectivity index (χ4v) is 2.86. The van der Waals surface area contributed by atoms with Crippen molar-refractivity contribution in [1.82, 2.24) is 15.0 Å². The van der Waals surface area contributed by atoms with Crippen LogP contribution >= 0.6 is 11.6 Å². The number of nitrogens with two attached hydrogens (primary N) is 1. The highest BCUT2D eigenvalue weighted by Crippen LogP contribution is 2.34. The molecule has 27 heavy (non-hydrogen) atoms. The van der Waals surface area contributed by atoms with Crippen molar-refractivity contribution in [3.05, 3.63) is 71.6 Å². The Hall–Kier alpha value is -3.38. The molecule has 134 valence electrons. The van der Waals surface area contributed by atoms with Gasteiger partial charge in [-0.25, -0.2) is 9.97 Å². The minimum atomic E-state index is 0.255. The molecule has 0 radical (unpaired) electrons. The zero-order chi connectivity index (χ0) is 18.8. The van der Waals surface area contributed by atoms with Crippen LogP contribution in [0.5, 0.6) is 11.6 Å². The third kappa shape index (κ3) is 3.61. The summed E-state index contributed by atoms with van der Waals surface area (Å²) in [4.78, 5) is 12.9. The molecule has 4 rings (SSSR count). The van der Waals surface area contributed by atoms with Crippen LogP contribution in [-0.2, 0) is 0 Å². The van der Waals surface area contributed by atoms with E-state index < -0.39 is 0 Å². The standard InChI is InChI=1S/C20H16ClN5O/c1-12-8-9-13-4-2-7-16(18(13)25-12)27-20-17(22)19(23-11-24-20)26-15-6-3-5-14(21)10-15/h2-11H,22H2,1H3,(H,23,24,26). The van der Waals surface area contributed by atoms with Gasteiger partial charge in [-0.3, -0.25) is 0 Å². The number of hydrogen-bond donors (Lipinski definition) is 2. The monoisotopic (exact) mass is 377 g/mol. The van der Waals surface area contributed by atoms with Crippen molar-refractivity contribution in [2.24, 2.45) is 0 Å². The molecule has 0 atom stereocenters. The molecule has 2 aromatic carbocycles. The third-order valence-corrected chi connectivity index (χ3v) is 4.20. The summed E-state index contributed by atoms with van der Waals surface area (Å²) in [5.41, 5.74) is 8.93. The first-order chi connectivity index (χ1) is 13.1. The number of aromatic nitrogens is 3. The average molecular weight is 378 g/mol. The molecule has 0 spiro atoms. The summed E-state index contributed by atoms with van der Waals surface area (Å²) < 4.78 is 5.97. The van der Waals surface area contributed by atoms with Crippen molar-refractivity contribution in [2.75, 3.05) is 11.1 Å². The van der Waals surface area contributed by atoms with Crippen molar-refractivity contribution in [3.8, 4) is 11.6 Å². The summed E-state index contributed by atoms with van der Waals surface area (Å²) in [6.07, 6.45) is 1.39. The predicted octanol–water partition coefficient (Wildman–Crippen LogP) is 5.10. The zero-order valence-corrected chi connectivity index (χ0v) is 15.2. The third-order valence-electron chi connectivity index (χ3n) is 3.96. The second-order valence-electron chi connectivity index (χ2n) is 5.96. The molecule has 0 aliphatic heterocycles. The number of pyridine rings is 1. The van der Waals surface area contributed by atoms with Gasteiger partial charge >= 0.3 is 0 Å². The van der Waals surface area contributed by atoms with Crippen LogP contribution in [-0.4, -0.2) is 15.0 Å². The van der Waals surface area contributed by atoms with Gasteiger partial charge in [-0.15, -0.1) is 0 Å². The van der Waals surface area contributed by atoms with E-state index in [1.165, 1.54) is 6.33 Å². The quantitative estimate of drug-likeness (QED) is 0.514. The minimum Gasteiger partial charge on any atom is -0.435 e. The molecule has 0 saturated carbocycles. The highest BCUT2D eigenvalue weighted by molar-refractivity contribution is 6.30. The topological polar surface area (TPSA) is 86.0 Å². The van der Waals surface area contributed by atoms with Gasteiger partial charge < -0.3 is 15.8 Å². The van der Waals surface area contributed by atoms with E-state index in [9.17, 15) is 0 Å². The molecule has 0 saturated heterocycles. The first-order valence-electron chi connectivity index (χ1n) is 8.27. The first-order valence-corrected chi connectivity index (χ1v) is 8.65. The number of rotatable bonds is 4. The van der Waals surface area contributed by atoms with E-state index in [0.717, 1.165) is 22.3 Å². The fraction of sp³-hybridized carbons (Fsp3) is 0.0500. The van der Waals surface area contributed by atoms with Gasteiger partial charge in [0.15, 0.2) is 11.6 Å². The molecule has 3 N–H and O–H groups in total. The van der Waals surface area contributed by atoms with Gasteiger partial charge in [0.05, 0.1) is 0 Å². The van der Waals surface area contributed by atoms with Gasteiger partial charge in [0.1, 0.15) is 17.5 Å². The number of aryl methyl sites for hydroxylation is 1. The minimum absolute atomic E-state index is 0.255. The van der Waals surface area contributed by atoms with Crippen LogP contribution in [0.15, 0.2) is 60.9 Å². The number of fused-ring (bicyclic) bond motifs is 1. The van der Waals surface area contributed by atoms with Crippen molar-refractivity contribution >= 4 is 39.7 Å². The van der Waals surface area contributed by atoms with E-state index in [2.05, 4.69) is 20.3 Å². The highest BCUT2D eigenvalue weighted by Gasteiger charge is 2.13. The number of ether oxygens (including phenoxy) is 1. The van der Waals surface area contributed by atoms with E-state index in [0.29, 0.717) is 22.3 Å². The van der Waals surface area contributed by atoms with Gasteiger partial charge in [-0.1, -0.05) is 35.9 Å². The summed E-state index contributed by atoms with van der Waals surface area (Å²) in [5, 5.41) is 4.72. The average Bonchev–Trinajstić information content (AvgIpc) is 2.65. The summed E-state index contributed by atoms with van der Waals surface area (Å²) in [6, 6.07) is 16.9. The lowest BCUT2D eigenvalue weighted by Crippen LogP contribution is -2.03. The number of nitrogen functional groups attached to an aromatic ring is 1. The largest absolute Gasteiger partial charge is 0.435 e. The second kappa shape index (κ2) is 7.09. The number of para-hydroxylation sites is 1. The van der Waals surface area contributed by atoms with Gasteiger partial charge in [-0.2, -0.15) is 4.98 Å². The van der Waals surface area contributed by atoms with E-state index in [1.807, 2.05) is 49.4 Å². The molecule has 0 amide bonds. The Balaban J connectivity index is 1.69. The van der Waals surface area contributed by atoms with Crippen LogP contribution in [0.2, 0.25) is 5.02 Å². The zero-order valence-electron chi connectivity index (χ0n) is 14.5. The maximum absolute atomic E-state index is 6.23. The smallest absolute Gasteiger partial charge is 0.248 e. The molecule has 2 heterocycles. The molecule has 2 aromatic heterocycles. The Bertz CT molecular complexity index is 1130. The maximum Gasteiger partial charge on any atom is 0.248 e. The lowest BCUT2D eigenvalue weighted by atomic mass is 10.2. The van der Waals surface area contributed by atoms with Crippen LogP contribution in [0.4, 0.5) is 17.2 Å². The normalized spacial score (nSPS) is 10.7. The van der Waals surface area contributed by atoms with Crippen molar-refractivity contribution in [3.63, 3.8) is 0 Å². The van der Waals surface area contributed by atoms with Gasteiger partial charge in [0, 0.05) is 21.8 Å². The summed E-state index contributed by atoms with van der Waals surface area (Å²) in [5.74, 6) is 1.27. The second-order valence-corrected chi connectivity index (χ2v) is 6.40. The number of benzene rings is 2. The van der Waals surface area contributed by atoms with Gasteiger partial charge in [0.25, 0.3) is 0 Å².